The Morgan fingerprint density at radius 3 is 2.12 bits per heavy atom. The average molecular weight is 479 g/mol. The van der Waals surface area contributed by atoms with E-state index in [0.29, 0.717) is 41.9 Å². The molecule has 4 N–H and O–H groups in total. The van der Waals surface area contributed by atoms with Gasteiger partial charge in [-0.15, -0.1) is 0 Å². The molecule has 0 amide bonds. The summed E-state index contributed by atoms with van der Waals surface area (Å²) in [6.45, 7) is 11.7. The molecule has 5 rings (SSSR count). The predicted octanol–water partition coefficient (Wildman–Crippen LogP) is 4.35. The second-order valence-electron chi connectivity index (χ2n) is 14.0. The van der Waals surface area contributed by atoms with E-state index in [2.05, 4.69) is 34.6 Å². The van der Waals surface area contributed by atoms with Crippen LogP contribution in [-0.2, 0) is 4.74 Å². The largest absolute Gasteiger partial charge is 0.393 e. The number of aliphatic hydroxyl groups excluding tert-OH is 4. The second kappa shape index (κ2) is 8.97. The maximum Gasteiger partial charge on any atom is 0.155 e. The molecular weight excluding hydrogens is 428 g/mol. The van der Waals surface area contributed by atoms with Crippen molar-refractivity contribution in [3.05, 3.63) is 0 Å². The molecule has 4 aliphatic carbocycles. The third-order valence-corrected chi connectivity index (χ3v) is 12.3. The van der Waals surface area contributed by atoms with Gasteiger partial charge in [-0.25, -0.2) is 0 Å². The van der Waals surface area contributed by atoms with Gasteiger partial charge in [-0.1, -0.05) is 34.6 Å². The lowest BCUT2D eigenvalue weighted by atomic mass is 9.43. The van der Waals surface area contributed by atoms with Crippen molar-refractivity contribution in [2.45, 2.75) is 123 Å². The lowest BCUT2D eigenvalue weighted by Crippen LogP contribution is -2.64. The molecule has 1 aliphatic heterocycles. The zero-order chi connectivity index (χ0) is 24.6. The molecule has 5 fully saturated rings. The van der Waals surface area contributed by atoms with Gasteiger partial charge in [0.15, 0.2) is 6.29 Å². The summed E-state index contributed by atoms with van der Waals surface area (Å²) in [5, 5.41) is 43.6. The van der Waals surface area contributed by atoms with Crippen LogP contribution in [0.25, 0.3) is 0 Å². The summed E-state index contributed by atoms with van der Waals surface area (Å²) in [6, 6.07) is 0. The van der Waals surface area contributed by atoms with Crippen molar-refractivity contribution >= 4 is 0 Å². The molecule has 10 unspecified atom stereocenters. The molecule has 1 saturated heterocycles. The predicted molar refractivity (Wildman–Crippen MR) is 132 cm³/mol. The van der Waals surface area contributed by atoms with Crippen molar-refractivity contribution < 1.29 is 25.2 Å². The molecule has 0 radical (unpaired) electrons. The van der Waals surface area contributed by atoms with Gasteiger partial charge in [0.1, 0.15) is 0 Å². The summed E-state index contributed by atoms with van der Waals surface area (Å²) in [6.07, 6.45) is 6.39. The molecule has 196 valence electrons. The fourth-order valence-electron chi connectivity index (χ4n) is 10.3. The van der Waals surface area contributed by atoms with Crippen molar-refractivity contribution in [3.8, 4) is 0 Å². The molecule has 14 atom stereocenters. The first-order valence-electron chi connectivity index (χ1n) is 14.3. The fourth-order valence-corrected chi connectivity index (χ4v) is 10.3. The van der Waals surface area contributed by atoms with Crippen molar-refractivity contribution in [1.82, 2.24) is 0 Å². The molecule has 5 heteroatoms. The van der Waals surface area contributed by atoms with E-state index >= 15 is 0 Å². The monoisotopic (exact) mass is 478 g/mol. The SMILES string of the molecule is CC(C)C1CC(O)OC(C(C)C2CCC3C4C(O)[C@H](O)C5C[C@H](O)CC[C@]5(C)C4CC[C@]23C)C1. The van der Waals surface area contributed by atoms with Crippen LogP contribution in [0.3, 0.4) is 0 Å². The quantitative estimate of drug-likeness (QED) is 0.484. The summed E-state index contributed by atoms with van der Waals surface area (Å²) in [7, 11) is 0. The third-order valence-electron chi connectivity index (χ3n) is 12.3. The van der Waals surface area contributed by atoms with E-state index in [1.54, 1.807) is 0 Å². The Bertz CT molecular complexity index is 742. The van der Waals surface area contributed by atoms with Crippen LogP contribution in [0.4, 0.5) is 0 Å². The fraction of sp³-hybridized carbons (Fsp3) is 1.00. The van der Waals surface area contributed by atoms with Gasteiger partial charge in [-0.2, -0.15) is 0 Å². The van der Waals surface area contributed by atoms with Crippen LogP contribution in [0, 0.1) is 58.2 Å². The zero-order valence-electron chi connectivity index (χ0n) is 22.1. The Hall–Kier alpha value is -0.200. The molecular formula is C29H50O5. The number of ether oxygens (including phenoxy) is 1. The molecule has 0 aromatic heterocycles. The lowest BCUT2D eigenvalue weighted by Gasteiger charge is -2.63. The van der Waals surface area contributed by atoms with E-state index in [0.717, 1.165) is 44.9 Å². The minimum absolute atomic E-state index is 0.00178. The highest BCUT2D eigenvalue weighted by atomic mass is 16.6. The first kappa shape index (κ1) is 25.4. The Labute approximate surface area is 206 Å². The smallest absolute Gasteiger partial charge is 0.155 e. The van der Waals surface area contributed by atoms with Gasteiger partial charge >= 0.3 is 0 Å². The van der Waals surface area contributed by atoms with Gasteiger partial charge in [-0.3, -0.25) is 0 Å². The van der Waals surface area contributed by atoms with E-state index in [1.807, 2.05) is 0 Å². The molecule has 5 nitrogen and oxygen atoms in total. The van der Waals surface area contributed by atoms with Gasteiger partial charge < -0.3 is 25.2 Å². The molecule has 0 aromatic carbocycles. The first-order valence-corrected chi connectivity index (χ1v) is 14.3. The van der Waals surface area contributed by atoms with Gasteiger partial charge in [-0.05, 0) is 110 Å². The van der Waals surface area contributed by atoms with Gasteiger partial charge in [0.2, 0.25) is 0 Å². The molecule has 0 aromatic rings. The van der Waals surface area contributed by atoms with Crippen LogP contribution in [0.1, 0.15) is 92.4 Å². The number of fused-ring (bicyclic) bond motifs is 5. The summed E-state index contributed by atoms with van der Waals surface area (Å²) < 4.78 is 6.15. The highest BCUT2D eigenvalue weighted by Gasteiger charge is 2.65. The zero-order valence-corrected chi connectivity index (χ0v) is 22.1. The van der Waals surface area contributed by atoms with E-state index in [4.69, 9.17) is 4.74 Å². The summed E-state index contributed by atoms with van der Waals surface area (Å²) >= 11 is 0. The van der Waals surface area contributed by atoms with Gasteiger partial charge in [0.05, 0.1) is 24.4 Å². The van der Waals surface area contributed by atoms with Gasteiger partial charge in [0.25, 0.3) is 0 Å². The number of hydrogen-bond donors (Lipinski definition) is 4. The van der Waals surface area contributed by atoms with Crippen molar-refractivity contribution in [2.24, 2.45) is 58.2 Å². The maximum atomic E-state index is 11.5. The molecule has 34 heavy (non-hydrogen) atoms. The molecule has 1 heterocycles. The summed E-state index contributed by atoms with van der Waals surface area (Å²) in [4.78, 5) is 0. The van der Waals surface area contributed by atoms with E-state index in [9.17, 15) is 20.4 Å². The van der Waals surface area contributed by atoms with E-state index in [1.165, 1.54) is 6.42 Å². The maximum absolute atomic E-state index is 11.5. The summed E-state index contributed by atoms with van der Waals surface area (Å²) in [5.41, 5.74) is 0.145. The topological polar surface area (TPSA) is 90.2 Å². The van der Waals surface area contributed by atoms with Crippen molar-refractivity contribution in [3.63, 3.8) is 0 Å². The Morgan fingerprint density at radius 2 is 1.41 bits per heavy atom. The summed E-state index contributed by atoms with van der Waals surface area (Å²) in [5.74, 6) is 2.94. The molecule has 5 aliphatic rings. The highest BCUT2D eigenvalue weighted by Crippen LogP contribution is 2.68. The van der Waals surface area contributed by atoms with Crippen molar-refractivity contribution in [1.29, 1.82) is 0 Å². The number of hydrogen-bond acceptors (Lipinski definition) is 5. The number of aliphatic hydroxyl groups is 4. The van der Waals surface area contributed by atoms with E-state index < -0.39 is 18.5 Å². The normalized spacial score (nSPS) is 56.5. The van der Waals surface area contributed by atoms with Crippen LogP contribution in [0.15, 0.2) is 0 Å². The lowest BCUT2D eigenvalue weighted by molar-refractivity contribution is -0.228. The molecule has 4 saturated carbocycles. The Kier molecular flexibility index (Phi) is 6.72. The van der Waals surface area contributed by atoms with Crippen LogP contribution in [0.5, 0.6) is 0 Å². The highest BCUT2D eigenvalue weighted by molar-refractivity contribution is 5.14. The van der Waals surface area contributed by atoms with Gasteiger partial charge in [0, 0.05) is 6.42 Å². The third kappa shape index (κ3) is 3.83. The molecule has 0 bridgehead atoms. The molecule has 0 spiro atoms. The van der Waals surface area contributed by atoms with Crippen LogP contribution in [0.2, 0.25) is 0 Å². The van der Waals surface area contributed by atoms with Crippen LogP contribution >= 0.6 is 0 Å². The average Bonchev–Trinajstić information content (AvgIpc) is 3.14. The second-order valence-corrected chi connectivity index (χ2v) is 14.0. The van der Waals surface area contributed by atoms with Crippen molar-refractivity contribution in [2.75, 3.05) is 0 Å². The minimum atomic E-state index is -0.733. The minimum Gasteiger partial charge on any atom is -0.393 e. The van der Waals surface area contributed by atoms with E-state index in [-0.39, 0.29) is 34.9 Å². The standard InChI is InChI=1S/C29H50O5/c1-15(2)17-12-23(34-24(31)13-17)16(3)19-6-7-20-25-21(9-11-28(19,20)4)29(5)10-8-18(30)14-22(29)26(32)27(25)33/h15-27,30-33H,6-14H2,1-5H3/t16?,17?,18-,19?,20?,21?,22?,23?,24?,25?,26-,27?,28-,29-/m1/s1. The number of rotatable bonds is 3. The Balaban J connectivity index is 1.38. The first-order chi connectivity index (χ1) is 16.0. The van der Waals surface area contributed by atoms with Crippen LogP contribution < -0.4 is 0 Å². The van der Waals surface area contributed by atoms with Crippen LogP contribution in [-0.4, -0.2) is 51.1 Å². The Morgan fingerprint density at radius 1 is 0.735 bits per heavy atom.